The molecule has 138 valence electrons. The fourth-order valence-corrected chi connectivity index (χ4v) is 3.35. The Kier molecular flexibility index (Phi) is 4.50. The summed E-state index contributed by atoms with van der Waals surface area (Å²) in [6, 6.07) is 2.81. The van der Waals surface area contributed by atoms with Crippen LogP contribution in [0.15, 0.2) is 56.2 Å². The number of hydrogen-bond acceptors (Lipinski definition) is 6. The maximum absolute atomic E-state index is 12.9. The van der Waals surface area contributed by atoms with E-state index < -0.39 is 17.5 Å². The van der Waals surface area contributed by atoms with Crippen LogP contribution in [0.1, 0.15) is 44.6 Å². The molecule has 0 spiro atoms. The molecular weight excluding hydrogens is 336 g/mol. The van der Waals surface area contributed by atoms with E-state index in [1.807, 2.05) is 6.92 Å². The first kappa shape index (κ1) is 18.4. The first-order valence-corrected chi connectivity index (χ1v) is 8.46. The Balaban J connectivity index is 2.07. The number of carbonyl (C=O) groups excluding carboxylic acids is 1. The first-order valence-electron chi connectivity index (χ1n) is 8.46. The van der Waals surface area contributed by atoms with E-state index in [9.17, 15) is 19.8 Å². The SMILES string of the molecule is CC1=CC2=C(C[C@@H](C)c3cc(=O)cc(C)o3)C(=O)[C@](C)(O)[C@@H](O)C2=CO1. The average molecular weight is 358 g/mol. The van der Waals surface area contributed by atoms with Gasteiger partial charge in [-0.1, -0.05) is 6.92 Å². The fraction of sp³-hybridized carbons (Fsp3) is 0.400. The van der Waals surface area contributed by atoms with Gasteiger partial charge in [0.1, 0.15) is 23.4 Å². The summed E-state index contributed by atoms with van der Waals surface area (Å²) in [4.78, 5) is 24.6. The van der Waals surface area contributed by atoms with Crippen molar-refractivity contribution in [2.45, 2.75) is 51.7 Å². The van der Waals surface area contributed by atoms with Crippen molar-refractivity contribution >= 4 is 5.78 Å². The Bertz CT molecular complexity index is 912. The van der Waals surface area contributed by atoms with Gasteiger partial charge in [0.15, 0.2) is 16.8 Å². The zero-order valence-corrected chi connectivity index (χ0v) is 15.2. The molecule has 3 atom stereocenters. The molecule has 2 heterocycles. The standard InChI is InChI=1S/C20H22O6/c1-10(17-8-13(21)6-12(3)26-17)5-15-14-7-11(2)25-9-16(14)19(23)20(4,24)18(15)22/h6-10,19,23-24H,5H2,1-4H3/t10-,19+,20+/m1/s1. The van der Waals surface area contributed by atoms with Crippen LogP contribution < -0.4 is 5.43 Å². The normalized spacial score (nSPS) is 26.7. The van der Waals surface area contributed by atoms with Crippen molar-refractivity contribution in [3.05, 3.63) is 68.7 Å². The molecule has 6 heteroatoms. The molecule has 2 N–H and O–H groups in total. The lowest BCUT2D eigenvalue weighted by Crippen LogP contribution is -2.52. The third-order valence-corrected chi connectivity index (χ3v) is 4.82. The van der Waals surface area contributed by atoms with Gasteiger partial charge in [0.25, 0.3) is 0 Å². The van der Waals surface area contributed by atoms with Crippen LogP contribution in [0.4, 0.5) is 0 Å². The van der Waals surface area contributed by atoms with Gasteiger partial charge in [0.05, 0.1) is 6.26 Å². The molecular formula is C20H22O6. The summed E-state index contributed by atoms with van der Waals surface area (Å²) in [6.45, 7) is 6.57. The van der Waals surface area contributed by atoms with Crippen molar-refractivity contribution in [3.8, 4) is 0 Å². The number of aliphatic hydroxyl groups is 2. The third kappa shape index (κ3) is 3.06. The lowest BCUT2D eigenvalue weighted by atomic mass is 9.72. The summed E-state index contributed by atoms with van der Waals surface area (Å²) in [7, 11) is 0. The summed E-state index contributed by atoms with van der Waals surface area (Å²) >= 11 is 0. The highest BCUT2D eigenvalue weighted by Gasteiger charge is 2.48. The summed E-state index contributed by atoms with van der Waals surface area (Å²) < 4.78 is 11.0. The number of rotatable bonds is 3. The maximum atomic E-state index is 12.9. The van der Waals surface area contributed by atoms with Crippen LogP contribution in [0.25, 0.3) is 0 Å². The largest absolute Gasteiger partial charge is 0.469 e. The summed E-state index contributed by atoms with van der Waals surface area (Å²) in [5.74, 6) is 0.747. The summed E-state index contributed by atoms with van der Waals surface area (Å²) in [5.41, 5.74) is -0.799. The zero-order valence-electron chi connectivity index (χ0n) is 15.2. The molecule has 6 nitrogen and oxygen atoms in total. The molecule has 1 aliphatic heterocycles. The van der Waals surface area contributed by atoms with Crippen molar-refractivity contribution in [2.24, 2.45) is 0 Å². The minimum Gasteiger partial charge on any atom is -0.469 e. The molecule has 0 radical (unpaired) electrons. The average Bonchev–Trinajstić information content (AvgIpc) is 2.56. The lowest BCUT2D eigenvalue weighted by Gasteiger charge is -2.37. The molecule has 0 fully saturated rings. The highest BCUT2D eigenvalue weighted by atomic mass is 16.5. The van der Waals surface area contributed by atoms with E-state index in [0.29, 0.717) is 34.0 Å². The van der Waals surface area contributed by atoms with Gasteiger partial charge in [-0.25, -0.2) is 0 Å². The lowest BCUT2D eigenvalue weighted by molar-refractivity contribution is -0.141. The minimum atomic E-state index is -1.94. The highest BCUT2D eigenvalue weighted by Crippen LogP contribution is 2.41. The molecule has 0 aromatic carbocycles. The Morgan fingerprint density at radius 3 is 2.62 bits per heavy atom. The van der Waals surface area contributed by atoms with E-state index in [1.165, 1.54) is 25.3 Å². The highest BCUT2D eigenvalue weighted by molar-refractivity contribution is 6.06. The third-order valence-electron chi connectivity index (χ3n) is 4.82. The molecule has 2 aliphatic rings. The van der Waals surface area contributed by atoms with E-state index in [1.54, 1.807) is 19.9 Å². The van der Waals surface area contributed by atoms with Gasteiger partial charge in [-0.05, 0) is 38.8 Å². The van der Waals surface area contributed by atoms with E-state index >= 15 is 0 Å². The topological polar surface area (TPSA) is 97.0 Å². The van der Waals surface area contributed by atoms with Crippen LogP contribution in [-0.4, -0.2) is 27.7 Å². The molecule has 0 saturated heterocycles. The number of carbonyl (C=O) groups is 1. The van der Waals surface area contributed by atoms with Crippen molar-refractivity contribution in [3.63, 3.8) is 0 Å². The molecule has 1 aliphatic carbocycles. The van der Waals surface area contributed by atoms with E-state index in [2.05, 4.69) is 0 Å². The number of aliphatic hydroxyl groups excluding tert-OH is 1. The maximum Gasteiger partial charge on any atom is 0.193 e. The number of ketones is 1. The number of fused-ring (bicyclic) bond motifs is 1. The van der Waals surface area contributed by atoms with Crippen molar-refractivity contribution in [1.82, 2.24) is 0 Å². The van der Waals surface area contributed by atoms with Gasteiger partial charge < -0.3 is 19.4 Å². The minimum absolute atomic E-state index is 0.159. The van der Waals surface area contributed by atoms with Gasteiger partial charge in [0, 0.05) is 29.2 Å². The van der Waals surface area contributed by atoms with Crippen LogP contribution in [0, 0.1) is 6.92 Å². The van der Waals surface area contributed by atoms with Gasteiger partial charge in [-0.3, -0.25) is 9.59 Å². The van der Waals surface area contributed by atoms with Gasteiger partial charge in [-0.15, -0.1) is 0 Å². The van der Waals surface area contributed by atoms with Gasteiger partial charge in [0.2, 0.25) is 0 Å². The molecule has 0 saturated carbocycles. The molecule has 0 bridgehead atoms. The number of allylic oxidation sites excluding steroid dienone is 2. The second-order valence-corrected chi connectivity index (χ2v) is 7.13. The predicted molar refractivity (Wildman–Crippen MR) is 94.3 cm³/mol. The van der Waals surface area contributed by atoms with E-state index in [4.69, 9.17) is 9.15 Å². The van der Waals surface area contributed by atoms with Crippen molar-refractivity contribution < 1.29 is 24.2 Å². The number of hydrogen-bond donors (Lipinski definition) is 2. The predicted octanol–water partition coefficient (Wildman–Crippen LogP) is 2.25. The molecule has 0 unspecified atom stereocenters. The molecule has 1 aromatic rings. The molecule has 26 heavy (non-hydrogen) atoms. The monoisotopic (exact) mass is 358 g/mol. The first-order chi connectivity index (χ1) is 12.1. The molecule has 3 rings (SSSR count). The number of Topliss-reactive ketones (excluding diaryl/α,β-unsaturated/α-hetero) is 1. The molecule has 0 amide bonds. The van der Waals surface area contributed by atoms with Crippen LogP contribution in [0.3, 0.4) is 0 Å². The Hall–Kier alpha value is -2.44. The smallest absolute Gasteiger partial charge is 0.193 e. The van der Waals surface area contributed by atoms with Crippen LogP contribution in [0.2, 0.25) is 0 Å². The zero-order chi connectivity index (χ0) is 19.2. The van der Waals surface area contributed by atoms with Gasteiger partial charge in [-0.2, -0.15) is 0 Å². The van der Waals surface area contributed by atoms with Crippen molar-refractivity contribution in [2.75, 3.05) is 0 Å². The Morgan fingerprint density at radius 2 is 1.96 bits per heavy atom. The number of ether oxygens (including phenoxy) is 1. The van der Waals surface area contributed by atoms with Crippen LogP contribution >= 0.6 is 0 Å². The second-order valence-electron chi connectivity index (χ2n) is 7.13. The van der Waals surface area contributed by atoms with Crippen LogP contribution in [-0.2, 0) is 9.53 Å². The fourth-order valence-electron chi connectivity index (χ4n) is 3.35. The van der Waals surface area contributed by atoms with Gasteiger partial charge >= 0.3 is 0 Å². The van der Waals surface area contributed by atoms with Crippen molar-refractivity contribution in [1.29, 1.82) is 0 Å². The Labute approximate surface area is 151 Å². The molecule has 1 aromatic heterocycles. The quantitative estimate of drug-likeness (QED) is 0.860. The van der Waals surface area contributed by atoms with E-state index in [0.717, 1.165) is 0 Å². The summed E-state index contributed by atoms with van der Waals surface area (Å²) in [6.07, 6.45) is 1.93. The van der Waals surface area contributed by atoms with Crippen LogP contribution in [0.5, 0.6) is 0 Å². The summed E-state index contributed by atoms with van der Waals surface area (Å²) in [5, 5.41) is 20.9. The Morgan fingerprint density at radius 1 is 1.27 bits per heavy atom. The van der Waals surface area contributed by atoms with E-state index in [-0.39, 0.29) is 17.8 Å². The second kappa shape index (κ2) is 6.37. The number of aryl methyl sites for hydroxylation is 1.